The van der Waals surface area contributed by atoms with Crippen LogP contribution in [0.25, 0.3) is 10.2 Å². The van der Waals surface area contributed by atoms with Crippen molar-refractivity contribution < 1.29 is 9.47 Å². The highest BCUT2D eigenvalue weighted by Crippen LogP contribution is 2.39. The summed E-state index contributed by atoms with van der Waals surface area (Å²) >= 11 is 7.88. The number of hydrogen-bond donors (Lipinski definition) is 1. The van der Waals surface area contributed by atoms with Crippen molar-refractivity contribution in [3.05, 3.63) is 33.9 Å². The standard InChI is InChI=1S/C16H16ClN3O2S/c1-8-9(2)23-16-14(8)15(18-7-19-16)20-11-5-10(17)12(21-3)6-13(11)22-4/h5-7H,1-4H3,(H,18,19,20). The fourth-order valence-corrected chi connectivity index (χ4v) is 3.60. The van der Waals surface area contributed by atoms with E-state index in [1.165, 1.54) is 10.4 Å². The van der Waals surface area contributed by atoms with E-state index in [-0.39, 0.29) is 0 Å². The van der Waals surface area contributed by atoms with Gasteiger partial charge in [0.15, 0.2) is 0 Å². The Bertz CT molecular complexity index is 879. The molecule has 120 valence electrons. The highest BCUT2D eigenvalue weighted by molar-refractivity contribution is 7.18. The van der Waals surface area contributed by atoms with Crippen LogP contribution in [-0.4, -0.2) is 24.2 Å². The maximum atomic E-state index is 6.23. The van der Waals surface area contributed by atoms with Crippen molar-refractivity contribution in [2.24, 2.45) is 0 Å². The van der Waals surface area contributed by atoms with Gasteiger partial charge in [-0.2, -0.15) is 0 Å². The number of benzene rings is 1. The third-order valence-corrected chi connectivity index (χ3v) is 5.10. The summed E-state index contributed by atoms with van der Waals surface area (Å²) in [6, 6.07) is 3.51. The lowest BCUT2D eigenvalue weighted by atomic mass is 10.2. The van der Waals surface area contributed by atoms with Crippen LogP contribution in [0, 0.1) is 13.8 Å². The Labute approximate surface area is 143 Å². The number of nitrogens with zero attached hydrogens (tertiary/aromatic N) is 2. The number of ether oxygens (including phenoxy) is 2. The number of aryl methyl sites for hydroxylation is 2. The van der Waals surface area contributed by atoms with Gasteiger partial charge in [0.05, 0.1) is 30.3 Å². The van der Waals surface area contributed by atoms with Crippen LogP contribution in [0.2, 0.25) is 5.02 Å². The fourth-order valence-electron chi connectivity index (χ4n) is 2.36. The summed E-state index contributed by atoms with van der Waals surface area (Å²) in [6.45, 7) is 4.15. The van der Waals surface area contributed by atoms with Crippen molar-refractivity contribution in [3.63, 3.8) is 0 Å². The number of thiophene rings is 1. The van der Waals surface area contributed by atoms with E-state index >= 15 is 0 Å². The second-order valence-corrected chi connectivity index (χ2v) is 6.61. The summed E-state index contributed by atoms with van der Waals surface area (Å²) in [5.41, 5.74) is 1.90. The second-order valence-electron chi connectivity index (χ2n) is 5.00. The number of fused-ring (bicyclic) bond motifs is 1. The molecule has 0 radical (unpaired) electrons. The molecule has 2 aromatic heterocycles. The van der Waals surface area contributed by atoms with Gasteiger partial charge in [-0.3, -0.25) is 0 Å². The first-order valence-corrected chi connectivity index (χ1v) is 8.13. The Balaban J connectivity index is 2.11. The van der Waals surface area contributed by atoms with Gasteiger partial charge in [0, 0.05) is 10.9 Å². The fraction of sp³-hybridized carbons (Fsp3) is 0.250. The topological polar surface area (TPSA) is 56.3 Å². The minimum atomic E-state index is 0.499. The van der Waals surface area contributed by atoms with Gasteiger partial charge in [-0.25, -0.2) is 9.97 Å². The lowest BCUT2D eigenvalue weighted by molar-refractivity contribution is 0.396. The summed E-state index contributed by atoms with van der Waals surface area (Å²) in [5.74, 6) is 1.92. The first-order chi connectivity index (χ1) is 11.0. The normalized spacial score (nSPS) is 10.8. The van der Waals surface area contributed by atoms with E-state index in [4.69, 9.17) is 21.1 Å². The molecule has 0 bridgehead atoms. The van der Waals surface area contributed by atoms with Gasteiger partial charge in [0.2, 0.25) is 0 Å². The van der Waals surface area contributed by atoms with E-state index in [0.29, 0.717) is 16.5 Å². The maximum absolute atomic E-state index is 6.23. The summed E-state index contributed by atoms with van der Waals surface area (Å²) < 4.78 is 10.6. The minimum Gasteiger partial charge on any atom is -0.495 e. The molecule has 0 spiro atoms. The molecule has 0 amide bonds. The lowest BCUT2D eigenvalue weighted by Gasteiger charge is -2.14. The van der Waals surface area contributed by atoms with Gasteiger partial charge in [0.25, 0.3) is 0 Å². The molecule has 0 atom stereocenters. The average molecular weight is 350 g/mol. The number of aromatic nitrogens is 2. The van der Waals surface area contributed by atoms with Crippen molar-refractivity contribution >= 4 is 44.7 Å². The Hall–Kier alpha value is -2.05. The smallest absolute Gasteiger partial charge is 0.146 e. The molecule has 5 nitrogen and oxygen atoms in total. The second kappa shape index (κ2) is 6.22. The van der Waals surface area contributed by atoms with E-state index in [2.05, 4.69) is 29.1 Å². The molecule has 0 saturated heterocycles. The quantitative estimate of drug-likeness (QED) is 0.738. The third kappa shape index (κ3) is 2.80. The third-order valence-electron chi connectivity index (χ3n) is 3.69. The molecule has 0 unspecified atom stereocenters. The first-order valence-electron chi connectivity index (χ1n) is 6.94. The highest BCUT2D eigenvalue weighted by Gasteiger charge is 2.15. The molecule has 23 heavy (non-hydrogen) atoms. The Morgan fingerprint density at radius 1 is 1.09 bits per heavy atom. The van der Waals surface area contributed by atoms with Crippen LogP contribution in [-0.2, 0) is 0 Å². The van der Waals surface area contributed by atoms with Crippen LogP contribution in [0.1, 0.15) is 10.4 Å². The van der Waals surface area contributed by atoms with Gasteiger partial charge in [0.1, 0.15) is 28.5 Å². The van der Waals surface area contributed by atoms with Crippen LogP contribution < -0.4 is 14.8 Å². The summed E-state index contributed by atoms with van der Waals surface area (Å²) in [6.07, 6.45) is 1.55. The average Bonchev–Trinajstić information content (AvgIpc) is 2.83. The maximum Gasteiger partial charge on any atom is 0.146 e. The van der Waals surface area contributed by atoms with Crippen molar-refractivity contribution in [3.8, 4) is 11.5 Å². The number of nitrogens with one attached hydrogen (secondary N) is 1. The Morgan fingerprint density at radius 3 is 2.52 bits per heavy atom. The van der Waals surface area contributed by atoms with Crippen molar-refractivity contribution in [2.75, 3.05) is 19.5 Å². The monoisotopic (exact) mass is 349 g/mol. The Morgan fingerprint density at radius 2 is 1.83 bits per heavy atom. The van der Waals surface area contributed by atoms with Crippen LogP contribution in [0.15, 0.2) is 18.5 Å². The number of methoxy groups -OCH3 is 2. The van der Waals surface area contributed by atoms with Crippen molar-refractivity contribution in [1.29, 1.82) is 0 Å². The van der Waals surface area contributed by atoms with E-state index in [9.17, 15) is 0 Å². The molecular formula is C16H16ClN3O2S. The molecule has 0 aliphatic heterocycles. The summed E-state index contributed by atoms with van der Waals surface area (Å²) in [4.78, 5) is 10.9. The molecule has 3 rings (SSSR count). The van der Waals surface area contributed by atoms with E-state index in [1.54, 1.807) is 44.0 Å². The summed E-state index contributed by atoms with van der Waals surface area (Å²) in [7, 11) is 3.17. The SMILES string of the molecule is COc1cc(OC)c(Nc2ncnc3sc(C)c(C)c23)cc1Cl. The molecule has 0 aliphatic carbocycles. The largest absolute Gasteiger partial charge is 0.495 e. The van der Waals surface area contributed by atoms with E-state index < -0.39 is 0 Å². The van der Waals surface area contributed by atoms with Crippen LogP contribution in [0.5, 0.6) is 11.5 Å². The number of anilines is 2. The molecule has 1 aromatic carbocycles. The van der Waals surface area contributed by atoms with Crippen molar-refractivity contribution in [2.45, 2.75) is 13.8 Å². The molecule has 0 saturated carbocycles. The summed E-state index contributed by atoms with van der Waals surface area (Å²) in [5, 5.41) is 4.82. The lowest BCUT2D eigenvalue weighted by Crippen LogP contribution is -1.99. The van der Waals surface area contributed by atoms with Gasteiger partial charge in [-0.05, 0) is 25.5 Å². The minimum absolute atomic E-state index is 0.499. The molecule has 3 aromatic rings. The number of hydrogen-bond acceptors (Lipinski definition) is 6. The number of rotatable bonds is 4. The predicted octanol–water partition coefficient (Wildman–Crippen LogP) is 4.72. The van der Waals surface area contributed by atoms with Crippen LogP contribution >= 0.6 is 22.9 Å². The molecule has 2 heterocycles. The van der Waals surface area contributed by atoms with Gasteiger partial charge in [-0.1, -0.05) is 11.6 Å². The van der Waals surface area contributed by atoms with Crippen LogP contribution in [0.3, 0.4) is 0 Å². The highest BCUT2D eigenvalue weighted by atomic mass is 35.5. The molecule has 1 N–H and O–H groups in total. The zero-order valence-electron chi connectivity index (χ0n) is 13.2. The van der Waals surface area contributed by atoms with Crippen molar-refractivity contribution in [1.82, 2.24) is 9.97 Å². The predicted molar refractivity (Wildman–Crippen MR) is 94.7 cm³/mol. The number of halogens is 1. The van der Waals surface area contributed by atoms with Gasteiger partial charge in [-0.15, -0.1) is 11.3 Å². The van der Waals surface area contributed by atoms with E-state index in [0.717, 1.165) is 21.7 Å². The van der Waals surface area contributed by atoms with E-state index in [1.807, 2.05) is 0 Å². The molecule has 0 aliphatic rings. The molecular weight excluding hydrogens is 334 g/mol. The van der Waals surface area contributed by atoms with Crippen LogP contribution in [0.4, 0.5) is 11.5 Å². The van der Waals surface area contributed by atoms with Gasteiger partial charge < -0.3 is 14.8 Å². The Kier molecular flexibility index (Phi) is 4.28. The first kappa shape index (κ1) is 15.8. The molecule has 0 fully saturated rings. The zero-order chi connectivity index (χ0) is 16.6. The molecule has 7 heteroatoms. The van der Waals surface area contributed by atoms with Gasteiger partial charge >= 0.3 is 0 Å². The zero-order valence-corrected chi connectivity index (χ0v) is 14.8.